The van der Waals surface area contributed by atoms with Crippen molar-refractivity contribution >= 4 is 6.02 Å². The van der Waals surface area contributed by atoms with Crippen LogP contribution in [0.2, 0.25) is 0 Å². The number of ether oxygens (including phenoxy) is 2. The molecule has 0 aliphatic carbocycles. The van der Waals surface area contributed by atoms with E-state index in [1.807, 2.05) is 60.7 Å². The summed E-state index contributed by atoms with van der Waals surface area (Å²) in [5.41, 5.74) is 11.2. The van der Waals surface area contributed by atoms with Gasteiger partial charge in [0.25, 0.3) is 6.02 Å². The third-order valence-corrected chi connectivity index (χ3v) is 5.86. The van der Waals surface area contributed by atoms with Crippen molar-refractivity contribution < 1.29 is 9.47 Å². The fraction of sp³-hybridized carbons (Fsp3) is 0.0769. The molecule has 1 spiro atoms. The van der Waals surface area contributed by atoms with Crippen molar-refractivity contribution in [3.8, 4) is 33.9 Å². The van der Waals surface area contributed by atoms with Gasteiger partial charge in [0, 0.05) is 16.7 Å². The maximum absolute atomic E-state index is 6.25. The second-order valence-electron chi connectivity index (χ2n) is 7.71. The minimum Gasteiger partial charge on any atom is -0.462 e. The molecule has 150 valence electrons. The molecule has 6 rings (SSSR count). The van der Waals surface area contributed by atoms with Gasteiger partial charge in [-0.3, -0.25) is 4.98 Å². The van der Waals surface area contributed by atoms with Crippen LogP contribution in [0.25, 0.3) is 22.4 Å². The summed E-state index contributed by atoms with van der Waals surface area (Å²) >= 11 is 0. The largest absolute Gasteiger partial charge is 0.462 e. The normalized spacial score (nSPS) is 18.5. The lowest BCUT2D eigenvalue weighted by atomic mass is 9.80. The predicted molar refractivity (Wildman–Crippen MR) is 120 cm³/mol. The number of aliphatic imine (C=N–C) groups is 1. The summed E-state index contributed by atoms with van der Waals surface area (Å²) in [6.45, 7) is 0.318. The van der Waals surface area contributed by atoms with E-state index in [1.54, 1.807) is 6.20 Å². The molecule has 0 radical (unpaired) electrons. The smallest absolute Gasteiger partial charge is 0.283 e. The highest BCUT2D eigenvalue weighted by molar-refractivity contribution is 5.78. The first-order chi connectivity index (χ1) is 15.2. The van der Waals surface area contributed by atoms with E-state index < -0.39 is 5.54 Å². The molecule has 4 aromatic rings. The van der Waals surface area contributed by atoms with E-state index >= 15 is 0 Å². The number of fused-ring (bicyclic) bond motifs is 4. The molecular weight excluding hydrogens is 386 g/mol. The van der Waals surface area contributed by atoms with Gasteiger partial charge in [0.2, 0.25) is 0 Å². The van der Waals surface area contributed by atoms with Gasteiger partial charge in [0.05, 0.1) is 11.9 Å². The molecule has 0 saturated heterocycles. The SMILES string of the molecule is NC1=N[C@@]2(CO1)c1cc(-c3ccccc3)ccc1Oc1cnc(-c3ccccc3)cc12. The zero-order valence-corrected chi connectivity index (χ0v) is 16.7. The fourth-order valence-electron chi connectivity index (χ4n) is 4.34. The van der Waals surface area contributed by atoms with Gasteiger partial charge in [0.1, 0.15) is 12.4 Å². The van der Waals surface area contributed by atoms with E-state index in [-0.39, 0.29) is 6.02 Å². The Morgan fingerprint density at radius 3 is 2.16 bits per heavy atom. The summed E-state index contributed by atoms with van der Waals surface area (Å²) in [7, 11) is 0. The molecule has 3 heterocycles. The van der Waals surface area contributed by atoms with E-state index in [0.717, 1.165) is 39.3 Å². The lowest BCUT2D eigenvalue weighted by molar-refractivity contribution is 0.264. The second kappa shape index (κ2) is 6.71. The van der Waals surface area contributed by atoms with Crippen molar-refractivity contribution in [2.75, 3.05) is 6.61 Å². The van der Waals surface area contributed by atoms with Crippen molar-refractivity contribution in [2.45, 2.75) is 5.54 Å². The van der Waals surface area contributed by atoms with Crippen molar-refractivity contribution in [3.05, 3.63) is 102 Å². The number of hydrogen-bond donors (Lipinski definition) is 1. The minimum atomic E-state index is -0.774. The second-order valence-corrected chi connectivity index (χ2v) is 7.71. The third kappa shape index (κ3) is 2.78. The Labute approximate surface area is 179 Å². The molecule has 2 aliphatic rings. The predicted octanol–water partition coefficient (Wildman–Crippen LogP) is 5.11. The Hall–Kier alpha value is -4.12. The maximum Gasteiger partial charge on any atom is 0.283 e. The molecule has 1 atom stereocenters. The molecule has 2 aliphatic heterocycles. The fourth-order valence-corrected chi connectivity index (χ4v) is 4.34. The topological polar surface area (TPSA) is 69.7 Å². The highest BCUT2D eigenvalue weighted by Gasteiger charge is 2.47. The quantitative estimate of drug-likeness (QED) is 0.503. The molecule has 0 bridgehead atoms. The van der Waals surface area contributed by atoms with Crippen molar-refractivity contribution in [2.24, 2.45) is 10.7 Å². The Morgan fingerprint density at radius 1 is 0.742 bits per heavy atom. The molecular formula is C26H19N3O2. The average molecular weight is 405 g/mol. The summed E-state index contributed by atoms with van der Waals surface area (Å²) < 4.78 is 12.0. The number of benzene rings is 3. The van der Waals surface area contributed by atoms with Crippen LogP contribution >= 0.6 is 0 Å². The summed E-state index contributed by atoms with van der Waals surface area (Å²) in [5, 5.41) is 0. The number of pyridine rings is 1. The molecule has 2 N–H and O–H groups in total. The van der Waals surface area contributed by atoms with E-state index in [9.17, 15) is 0 Å². The Balaban J connectivity index is 1.56. The van der Waals surface area contributed by atoms with Crippen LogP contribution < -0.4 is 10.5 Å². The number of nitrogens with two attached hydrogens (primary N) is 1. The first-order valence-corrected chi connectivity index (χ1v) is 10.1. The monoisotopic (exact) mass is 405 g/mol. The minimum absolute atomic E-state index is 0.182. The van der Waals surface area contributed by atoms with E-state index in [0.29, 0.717) is 12.4 Å². The molecule has 0 fully saturated rings. The van der Waals surface area contributed by atoms with Gasteiger partial charge in [0.15, 0.2) is 11.3 Å². The van der Waals surface area contributed by atoms with Crippen molar-refractivity contribution in [3.63, 3.8) is 0 Å². The van der Waals surface area contributed by atoms with Gasteiger partial charge < -0.3 is 15.2 Å². The first-order valence-electron chi connectivity index (χ1n) is 10.1. The van der Waals surface area contributed by atoms with Gasteiger partial charge in [-0.1, -0.05) is 66.7 Å². The highest BCUT2D eigenvalue weighted by atomic mass is 16.5. The van der Waals surface area contributed by atoms with Gasteiger partial charge in [-0.2, -0.15) is 0 Å². The first kappa shape index (κ1) is 17.7. The van der Waals surface area contributed by atoms with Crippen LogP contribution in [0, 0.1) is 0 Å². The molecule has 31 heavy (non-hydrogen) atoms. The zero-order valence-electron chi connectivity index (χ0n) is 16.7. The Morgan fingerprint density at radius 2 is 1.45 bits per heavy atom. The summed E-state index contributed by atoms with van der Waals surface area (Å²) in [5.74, 6) is 1.41. The zero-order chi connectivity index (χ0) is 20.8. The Kier molecular flexibility index (Phi) is 3.83. The van der Waals surface area contributed by atoms with Crippen LogP contribution in [0.5, 0.6) is 11.5 Å². The van der Waals surface area contributed by atoms with Crippen LogP contribution in [0.15, 0.2) is 96.1 Å². The van der Waals surface area contributed by atoms with Crippen LogP contribution in [0.3, 0.4) is 0 Å². The molecule has 3 aromatic carbocycles. The van der Waals surface area contributed by atoms with Crippen LogP contribution in [0.4, 0.5) is 0 Å². The van der Waals surface area contributed by atoms with Gasteiger partial charge in [-0.25, -0.2) is 4.99 Å². The molecule has 1 aromatic heterocycles. The number of amidine groups is 1. The lowest BCUT2D eigenvalue weighted by Crippen LogP contribution is -2.31. The summed E-state index contributed by atoms with van der Waals surface area (Å²) in [6, 6.07) is 28.7. The van der Waals surface area contributed by atoms with Crippen LogP contribution in [-0.2, 0) is 10.3 Å². The molecule has 0 amide bonds. The van der Waals surface area contributed by atoms with Crippen LogP contribution in [-0.4, -0.2) is 17.6 Å². The Bertz CT molecular complexity index is 1230. The van der Waals surface area contributed by atoms with Crippen molar-refractivity contribution in [1.29, 1.82) is 0 Å². The molecule has 5 nitrogen and oxygen atoms in total. The number of nitrogens with zero attached hydrogens (tertiary/aromatic N) is 2. The van der Waals surface area contributed by atoms with Crippen LogP contribution in [0.1, 0.15) is 11.1 Å². The lowest BCUT2D eigenvalue weighted by Gasteiger charge is -2.33. The van der Waals surface area contributed by atoms with E-state index in [1.165, 1.54) is 0 Å². The third-order valence-electron chi connectivity index (χ3n) is 5.86. The number of hydrogen-bond acceptors (Lipinski definition) is 5. The summed E-state index contributed by atoms with van der Waals surface area (Å²) in [4.78, 5) is 9.42. The summed E-state index contributed by atoms with van der Waals surface area (Å²) in [6.07, 6.45) is 1.76. The van der Waals surface area contributed by atoms with Crippen molar-refractivity contribution in [1.82, 2.24) is 4.98 Å². The van der Waals surface area contributed by atoms with Gasteiger partial charge >= 0.3 is 0 Å². The standard InChI is InChI=1S/C26H19N3O2/c27-25-29-26(16-30-25)20-13-19(17-7-3-1-4-8-17)11-12-23(20)31-24-15-28-22(14-21(24)26)18-9-5-2-6-10-18/h1-15H,16H2,(H2,27,29)/t26-/m0/s1. The number of rotatable bonds is 2. The van der Waals surface area contributed by atoms with Gasteiger partial charge in [-0.15, -0.1) is 0 Å². The highest BCUT2D eigenvalue weighted by Crippen LogP contribution is 2.52. The average Bonchev–Trinajstić information content (AvgIpc) is 3.22. The van der Waals surface area contributed by atoms with Gasteiger partial charge in [-0.05, 0) is 29.3 Å². The molecule has 0 unspecified atom stereocenters. The van der Waals surface area contributed by atoms with E-state index in [2.05, 4.69) is 29.2 Å². The van der Waals surface area contributed by atoms with E-state index in [4.69, 9.17) is 20.2 Å². The molecule has 5 heteroatoms. The number of aromatic nitrogens is 1. The maximum atomic E-state index is 6.25. The molecule has 0 saturated carbocycles.